The summed E-state index contributed by atoms with van der Waals surface area (Å²) >= 11 is 0. The molecule has 0 heterocycles. The lowest BCUT2D eigenvalue weighted by Crippen LogP contribution is -2.15. The number of carbonyl (C=O) groups excluding carboxylic acids is 1. The summed E-state index contributed by atoms with van der Waals surface area (Å²) in [6.45, 7) is 12.3. The molecule has 0 spiro atoms. The molecule has 0 aliphatic rings. The molecule has 0 unspecified atom stereocenters. The summed E-state index contributed by atoms with van der Waals surface area (Å²) in [7, 11) is 0. The molecule has 0 fully saturated rings. The summed E-state index contributed by atoms with van der Waals surface area (Å²) in [6, 6.07) is 8.46. The van der Waals surface area contributed by atoms with Crippen molar-refractivity contribution < 1.29 is 47.4 Å². The normalized spacial score (nSPS) is 11.4. The molecule has 1 aromatic rings. The molecule has 57 heavy (non-hydrogen) atoms. The molecule has 334 valence electrons. The van der Waals surface area contributed by atoms with Crippen LogP contribution < -0.4 is 4.74 Å². The quantitative estimate of drug-likeness (QED) is 0.0467. The topological polar surface area (TPSA) is 100 Å². The summed E-state index contributed by atoms with van der Waals surface area (Å²) in [4.78, 5) is 11.9. The van der Waals surface area contributed by atoms with Gasteiger partial charge < -0.3 is 42.6 Å². The molecule has 1 aromatic carbocycles. The van der Waals surface area contributed by atoms with Gasteiger partial charge in [-0.05, 0) is 37.0 Å². The average Bonchev–Trinajstić information content (AvgIpc) is 3.22. The Labute approximate surface area is 349 Å². The van der Waals surface area contributed by atoms with E-state index in [9.17, 15) is 4.79 Å². The van der Waals surface area contributed by atoms with Gasteiger partial charge >= 0.3 is 5.97 Å². The zero-order valence-corrected chi connectivity index (χ0v) is 36.8. The maximum Gasteiger partial charge on any atom is 0.305 e. The number of carbonyl (C=O) groups is 1. The van der Waals surface area contributed by atoms with Gasteiger partial charge in [-0.2, -0.15) is 0 Å². The predicted molar refractivity (Wildman–Crippen MR) is 231 cm³/mol. The molecule has 1 rings (SSSR count). The van der Waals surface area contributed by atoms with Crippen LogP contribution in [0.4, 0.5) is 0 Å². The maximum absolute atomic E-state index is 11.9. The van der Waals surface area contributed by atoms with Crippen LogP contribution in [-0.2, 0) is 49.1 Å². The first-order valence-corrected chi connectivity index (χ1v) is 23.2. The highest BCUT2D eigenvalue weighted by molar-refractivity contribution is 5.69. The molecule has 0 radical (unpaired) electrons. The Hall–Kier alpha value is -1.79. The van der Waals surface area contributed by atoms with E-state index in [0.29, 0.717) is 112 Å². The fourth-order valence-electron chi connectivity index (χ4n) is 6.25. The minimum Gasteiger partial charge on any atom is -0.491 e. The van der Waals surface area contributed by atoms with E-state index in [-0.39, 0.29) is 5.97 Å². The largest absolute Gasteiger partial charge is 0.491 e. The average molecular weight is 811 g/mol. The molecule has 0 aromatic heterocycles. The van der Waals surface area contributed by atoms with Crippen LogP contribution in [-0.4, -0.2) is 112 Å². The predicted octanol–water partition coefficient (Wildman–Crippen LogP) is 10.5. The van der Waals surface area contributed by atoms with E-state index in [2.05, 4.69) is 38.1 Å². The summed E-state index contributed by atoms with van der Waals surface area (Å²) in [5, 5.41) is 0. The number of benzene rings is 1. The van der Waals surface area contributed by atoms with Crippen LogP contribution in [0.25, 0.3) is 0 Å². The van der Waals surface area contributed by atoms with Crippen LogP contribution in [0.3, 0.4) is 0 Å². The van der Waals surface area contributed by atoms with Crippen molar-refractivity contribution in [3.8, 4) is 5.75 Å². The molecule has 0 amide bonds. The van der Waals surface area contributed by atoms with Crippen LogP contribution >= 0.6 is 0 Å². The van der Waals surface area contributed by atoms with Gasteiger partial charge in [0.25, 0.3) is 0 Å². The van der Waals surface area contributed by atoms with E-state index in [1.165, 1.54) is 121 Å². The van der Waals surface area contributed by atoms with Crippen molar-refractivity contribution in [1.29, 1.82) is 0 Å². The van der Waals surface area contributed by atoms with Crippen molar-refractivity contribution >= 4 is 5.97 Å². The summed E-state index contributed by atoms with van der Waals surface area (Å²) < 4.78 is 49.8. The minimum atomic E-state index is -0.127. The fourth-order valence-corrected chi connectivity index (χ4v) is 6.25. The Balaban J connectivity index is 1.70. The SMILES string of the molecule is CCCCCCCCCCCCCCCC(=O)OCCOCCOCCOCCOCCOCCOCCOCCOc1ccc(CCCCCCCCC)cc1. The molecular weight excluding hydrogens is 725 g/mol. The lowest BCUT2D eigenvalue weighted by molar-refractivity contribution is -0.145. The van der Waals surface area contributed by atoms with Crippen LogP contribution in [0.15, 0.2) is 24.3 Å². The summed E-state index contributed by atoms with van der Waals surface area (Å²) in [6.07, 6.45) is 27.9. The second kappa shape index (κ2) is 45.3. The van der Waals surface area contributed by atoms with Crippen LogP contribution in [0.2, 0.25) is 0 Å². The van der Waals surface area contributed by atoms with E-state index in [4.69, 9.17) is 42.6 Å². The monoisotopic (exact) mass is 811 g/mol. The molecule has 0 aliphatic carbocycles. The van der Waals surface area contributed by atoms with Gasteiger partial charge in [0.2, 0.25) is 0 Å². The smallest absolute Gasteiger partial charge is 0.305 e. The Morgan fingerprint density at radius 1 is 0.368 bits per heavy atom. The highest BCUT2D eigenvalue weighted by atomic mass is 16.6. The van der Waals surface area contributed by atoms with Gasteiger partial charge in [-0.25, -0.2) is 0 Å². The molecule has 0 saturated carbocycles. The Kier molecular flexibility index (Phi) is 42.3. The number of ether oxygens (including phenoxy) is 9. The van der Waals surface area contributed by atoms with Crippen molar-refractivity contribution in [2.24, 2.45) is 0 Å². The molecule has 0 N–H and O–H groups in total. The van der Waals surface area contributed by atoms with Crippen LogP contribution in [0, 0.1) is 0 Å². The third-order valence-corrected chi connectivity index (χ3v) is 9.70. The zero-order valence-electron chi connectivity index (χ0n) is 36.8. The van der Waals surface area contributed by atoms with E-state index < -0.39 is 0 Å². The number of rotatable bonds is 47. The molecule has 10 heteroatoms. The second-order valence-electron chi connectivity index (χ2n) is 14.9. The summed E-state index contributed by atoms with van der Waals surface area (Å²) in [5.41, 5.74) is 1.38. The third-order valence-electron chi connectivity index (χ3n) is 9.70. The number of hydrogen-bond donors (Lipinski definition) is 0. The lowest BCUT2D eigenvalue weighted by atomic mass is 10.0. The first kappa shape index (κ1) is 53.2. The fraction of sp³-hybridized carbons (Fsp3) is 0.851. The van der Waals surface area contributed by atoms with E-state index in [0.717, 1.165) is 25.0 Å². The van der Waals surface area contributed by atoms with E-state index >= 15 is 0 Å². The van der Waals surface area contributed by atoms with Crippen molar-refractivity contribution in [2.75, 3.05) is 106 Å². The Morgan fingerprint density at radius 3 is 1.07 bits per heavy atom. The molecule has 0 bridgehead atoms. The molecule has 0 saturated heterocycles. The van der Waals surface area contributed by atoms with Crippen LogP contribution in [0.1, 0.15) is 154 Å². The van der Waals surface area contributed by atoms with E-state index in [1.54, 1.807) is 0 Å². The van der Waals surface area contributed by atoms with Gasteiger partial charge in [0, 0.05) is 6.42 Å². The van der Waals surface area contributed by atoms with Gasteiger partial charge in [-0.15, -0.1) is 0 Å². The molecular formula is C47H86O10. The number of esters is 1. The van der Waals surface area contributed by atoms with Gasteiger partial charge in [0.1, 0.15) is 19.0 Å². The van der Waals surface area contributed by atoms with Gasteiger partial charge in [-0.3, -0.25) is 4.79 Å². The minimum absolute atomic E-state index is 0.127. The molecule has 0 aliphatic heterocycles. The van der Waals surface area contributed by atoms with Gasteiger partial charge in [0.05, 0.1) is 92.5 Å². The summed E-state index contributed by atoms with van der Waals surface area (Å²) in [5.74, 6) is 0.760. The van der Waals surface area contributed by atoms with Crippen molar-refractivity contribution in [3.05, 3.63) is 29.8 Å². The number of unbranched alkanes of at least 4 members (excludes halogenated alkanes) is 18. The van der Waals surface area contributed by atoms with Crippen molar-refractivity contribution in [1.82, 2.24) is 0 Å². The third kappa shape index (κ3) is 40.8. The Morgan fingerprint density at radius 2 is 0.684 bits per heavy atom. The highest BCUT2D eigenvalue weighted by Crippen LogP contribution is 2.16. The van der Waals surface area contributed by atoms with Crippen LogP contribution in [0.5, 0.6) is 5.75 Å². The number of aryl methyl sites for hydroxylation is 1. The van der Waals surface area contributed by atoms with Gasteiger partial charge in [0.15, 0.2) is 0 Å². The number of hydrogen-bond acceptors (Lipinski definition) is 10. The second-order valence-corrected chi connectivity index (χ2v) is 14.9. The van der Waals surface area contributed by atoms with Gasteiger partial charge in [-0.1, -0.05) is 142 Å². The van der Waals surface area contributed by atoms with Crippen molar-refractivity contribution in [3.63, 3.8) is 0 Å². The maximum atomic E-state index is 11.9. The molecule has 0 atom stereocenters. The van der Waals surface area contributed by atoms with E-state index in [1.807, 2.05) is 0 Å². The molecule has 10 nitrogen and oxygen atoms in total. The first-order valence-electron chi connectivity index (χ1n) is 23.2. The lowest BCUT2D eigenvalue weighted by Gasteiger charge is -2.09. The Bertz CT molecular complexity index is 931. The zero-order chi connectivity index (χ0) is 40.8. The van der Waals surface area contributed by atoms with Crippen molar-refractivity contribution in [2.45, 2.75) is 155 Å². The first-order chi connectivity index (χ1) is 28.3. The highest BCUT2D eigenvalue weighted by Gasteiger charge is 2.03. The standard InChI is InChI=1S/C47H86O10/c1-3-5-7-9-11-12-13-14-15-16-18-20-22-24-47(48)57-44-42-55-40-38-53-36-34-51-32-30-49-29-31-50-33-35-52-37-39-54-41-43-56-46-27-25-45(26-28-46)23-21-19-17-10-8-6-4-2/h25-28H,3-24,29-44H2,1-2H3.